The number of hydrogen-bond acceptors (Lipinski definition) is 6. The minimum absolute atomic E-state index is 0.00394. The highest BCUT2D eigenvalue weighted by Gasteiger charge is 2.22. The van der Waals surface area contributed by atoms with Gasteiger partial charge in [0.25, 0.3) is 11.4 Å². The SMILES string of the molecule is Cc1ccc2c(c1)CCCN2C(=O)CCn1cncc(-c2nc(C)no2)c1=O. The highest BCUT2D eigenvalue weighted by molar-refractivity contribution is 5.94. The number of benzene rings is 1. The van der Waals surface area contributed by atoms with Crippen molar-refractivity contribution in [2.75, 3.05) is 11.4 Å². The van der Waals surface area contributed by atoms with Gasteiger partial charge in [0.1, 0.15) is 5.56 Å². The molecule has 0 bridgehead atoms. The highest BCUT2D eigenvalue weighted by atomic mass is 16.5. The van der Waals surface area contributed by atoms with Crippen LogP contribution in [0.15, 0.2) is 40.0 Å². The molecule has 1 aromatic carbocycles. The molecular formula is C20H21N5O3. The third-order valence-electron chi connectivity index (χ3n) is 4.88. The summed E-state index contributed by atoms with van der Waals surface area (Å²) in [5.74, 6) is 0.575. The fourth-order valence-corrected chi connectivity index (χ4v) is 3.50. The Kier molecular flexibility index (Phi) is 4.77. The smallest absolute Gasteiger partial charge is 0.266 e. The molecule has 0 spiro atoms. The lowest BCUT2D eigenvalue weighted by Gasteiger charge is -2.30. The van der Waals surface area contributed by atoms with Crippen LogP contribution in [0.5, 0.6) is 0 Å². The fourth-order valence-electron chi connectivity index (χ4n) is 3.50. The van der Waals surface area contributed by atoms with Crippen LogP contribution in [0.4, 0.5) is 5.69 Å². The molecule has 0 saturated heterocycles. The van der Waals surface area contributed by atoms with Crippen molar-refractivity contribution in [2.45, 2.75) is 39.7 Å². The van der Waals surface area contributed by atoms with E-state index in [-0.39, 0.29) is 35.9 Å². The maximum atomic E-state index is 12.8. The Hall–Kier alpha value is -3.29. The summed E-state index contributed by atoms with van der Waals surface area (Å²) in [7, 11) is 0. The average molecular weight is 379 g/mol. The summed E-state index contributed by atoms with van der Waals surface area (Å²) in [5.41, 5.74) is 3.30. The predicted molar refractivity (Wildman–Crippen MR) is 103 cm³/mol. The first-order chi connectivity index (χ1) is 13.5. The summed E-state index contributed by atoms with van der Waals surface area (Å²) in [6.07, 6.45) is 4.96. The van der Waals surface area contributed by atoms with Gasteiger partial charge >= 0.3 is 0 Å². The number of aromatic nitrogens is 4. The quantitative estimate of drug-likeness (QED) is 0.690. The second kappa shape index (κ2) is 7.38. The van der Waals surface area contributed by atoms with E-state index >= 15 is 0 Å². The van der Waals surface area contributed by atoms with Crippen molar-refractivity contribution in [3.63, 3.8) is 0 Å². The lowest BCUT2D eigenvalue weighted by atomic mass is 9.99. The lowest BCUT2D eigenvalue weighted by molar-refractivity contribution is -0.118. The van der Waals surface area contributed by atoms with Gasteiger partial charge in [0.15, 0.2) is 5.82 Å². The van der Waals surface area contributed by atoms with Crippen LogP contribution < -0.4 is 10.5 Å². The summed E-state index contributed by atoms with van der Waals surface area (Å²) in [6, 6.07) is 6.17. The number of nitrogens with zero attached hydrogens (tertiary/aromatic N) is 5. The van der Waals surface area contributed by atoms with E-state index in [1.165, 1.54) is 28.2 Å². The maximum Gasteiger partial charge on any atom is 0.266 e. The maximum absolute atomic E-state index is 12.8. The zero-order valence-corrected chi connectivity index (χ0v) is 15.9. The molecule has 1 amide bonds. The minimum atomic E-state index is -0.305. The van der Waals surface area contributed by atoms with Crippen molar-refractivity contribution in [3.8, 4) is 11.5 Å². The third kappa shape index (κ3) is 3.45. The second-order valence-electron chi connectivity index (χ2n) is 6.98. The molecule has 0 unspecified atom stereocenters. The third-order valence-corrected chi connectivity index (χ3v) is 4.88. The normalized spacial score (nSPS) is 13.4. The van der Waals surface area contributed by atoms with Crippen molar-refractivity contribution in [1.82, 2.24) is 19.7 Å². The Morgan fingerprint density at radius 2 is 2.14 bits per heavy atom. The average Bonchev–Trinajstić information content (AvgIpc) is 3.12. The van der Waals surface area contributed by atoms with Gasteiger partial charge in [-0.1, -0.05) is 22.9 Å². The van der Waals surface area contributed by atoms with Gasteiger partial charge in [0, 0.05) is 31.4 Å². The van der Waals surface area contributed by atoms with Crippen LogP contribution in [0.2, 0.25) is 0 Å². The summed E-state index contributed by atoms with van der Waals surface area (Å²) in [6.45, 7) is 4.67. The molecule has 0 atom stereocenters. The number of rotatable bonds is 4. The zero-order valence-electron chi connectivity index (χ0n) is 15.9. The Bertz CT molecular complexity index is 1090. The van der Waals surface area contributed by atoms with Gasteiger partial charge in [-0.25, -0.2) is 4.98 Å². The van der Waals surface area contributed by atoms with Gasteiger partial charge in [0.05, 0.1) is 6.33 Å². The van der Waals surface area contributed by atoms with Gasteiger partial charge in [-0.3, -0.25) is 14.2 Å². The number of fused-ring (bicyclic) bond motifs is 1. The van der Waals surface area contributed by atoms with Crippen LogP contribution in [-0.4, -0.2) is 32.1 Å². The van der Waals surface area contributed by atoms with E-state index in [4.69, 9.17) is 4.52 Å². The minimum Gasteiger partial charge on any atom is -0.334 e. The molecule has 0 fully saturated rings. The van der Waals surface area contributed by atoms with Gasteiger partial charge in [-0.15, -0.1) is 0 Å². The first-order valence-corrected chi connectivity index (χ1v) is 9.28. The second-order valence-corrected chi connectivity index (χ2v) is 6.98. The summed E-state index contributed by atoms with van der Waals surface area (Å²) in [5, 5.41) is 3.70. The summed E-state index contributed by atoms with van der Waals surface area (Å²) >= 11 is 0. The number of anilines is 1. The Morgan fingerprint density at radius 3 is 2.93 bits per heavy atom. The Morgan fingerprint density at radius 1 is 1.29 bits per heavy atom. The number of hydrogen-bond donors (Lipinski definition) is 0. The Labute approximate surface area is 161 Å². The molecule has 144 valence electrons. The largest absolute Gasteiger partial charge is 0.334 e. The van der Waals surface area contributed by atoms with Gasteiger partial charge in [0.2, 0.25) is 5.91 Å². The van der Waals surface area contributed by atoms with Crippen molar-refractivity contribution in [3.05, 3.63) is 58.0 Å². The number of aryl methyl sites for hydroxylation is 4. The standard InChI is InChI=1S/C20H21N5O3/c1-13-5-6-17-15(10-13)4-3-8-25(17)18(26)7-9-24-12-21-11-16(20(24)27)19-22-14(2)23-28-19/h5-6,10-12H,3-4,7-9H2,1-2H3. The van der Waals surface area contributed by atoms with Crippen molar-refractivity contribution >= 4 is 11.6 Å². The summed E-state index contributed by atoms with van der Waals surface area (Å²) in [4.78, 5) is 35.5. The predicted octanol–water partition coefficient (Wildman–Crippen LogP) is 2.28. The first kappa shape index (κ1) is 18.1. The van der Waals surface area contributed by atoms with E-state index in [1.54, 1.807) is 6.92 Å². The molecule has 0 aliphatic carbocycles. The molecule has 28 heavy (non-hydrogen) atoms. The van der Waals surface area contributed by atoms with Crippen molar-refractivity contribution < 1.29 is 9.32 Å². The molecule has 1 aliphatic rings. The lowest BCUT2D eigenvalue weighted by Crippen LogP contribution is -2.36. The monoisotopic (exact) mass is 379 g/mol. The molecule has 8 nitrogen and oxygen atoms in total. The molecule has 0 N–H and O–H groups in total. The number of carbonyl (C=O) groups excluding carboxylic acids is 1. The van der Waals surface area contributed by atoms with E-state index in [0.717, 1.165) is 18.5 Å². The number of carbonyl (C=O) groups is 1. The summed E-state index contributed by atoms with van der Waals surface area (Å²) < 4.78 is 6.48. The molecular weight excluding hydrogens is 358 g/mol. The topological polar surface area (TPSA) is 94.1 Å². The van der Waals surface area contributed by atoms with Crippen LogP contribution in [-0.2, 0) is 17.8 Å². The van der Waals surface area contributed by atoms with E-state index < -0.39 is 0 Å². The molecule has 3 aromatic rings. The molecule has 3 heterocycles. The van der Waals surface area contributed by atoms with E-state index in [9.17, 15) is 9.59 Å². The van der Waals surface area contributed by atoms with Gasteiger partial charge in [-0.2, -0.15) is 4.98 Å². The van der Waals surface area contributed by atoms with Gasteiger partial charge < -0.3 is 9.42 Å². The number of amides is 1. The molecule has 0 saturated carbocycles. The molecule has 8 heteroatoms. The molecule has 4 rings (SSSR count). The molecule has 1 aliphatic heterocycles. The van der Waals surface area contributed by atoms with Gasteiger partial charge in [-0.05, 0) is 38.3 Å². The molecule has 0 radical (unpaired) electrons. The fraction of sp³-hybridized carbons (Fsp3) is 0.350. The van der Waals surface area contributed by atoms with Crippen LogP contribution in [0, 0.1) is 13.8 Å². The van der Waals surface area contributed by atoms with E-state index in [1.807, 2.05) is 17.0 Å². The zero-order chi connectivity index (χ0) is 19.7. The first-order valence-electron chi connectivity index (χ1n) is 9.28. The highest BCUT2D eigenvalue weighted by Crippen LogP contribution is 2.28. The van der Waals surface area contributed by atoms with Crippen LogP contribution in [0.1, 0.15) is 29.8 Å². The van der Waals surface area contributed by atoms with Crippen LogP contribution in [0.3, 0.4) is 0 Å². The van der Waals surface area contributed by atoms with Crippen LogP contribution >= 0.6 is 0 Å². The van der Waals surface area contributed by atoms with E-state index in [0.29, 0.717) is 12.4 Å². The van der Waals surface area contributed by atoms with Crippen molar-refractivity contribution in [2.24, 2.45) is 0 Å². The van der Waals surface area contributed by atoms with E-state index in [2.05, 4.69) is 28.1 Å². The van der Waals surface area contributed by atoms with Crippen LogP contribution in [0.25, 0.3) is 11.5 Å². The Balaban J connectivity index is 1.52. The molecule has 2 aromatic heterocycles. The van der Waals surface area contributed by atoms with Crippen molar-refractivity contribution in [1.29, 1.82) is 0 Å².